The number of nitrogens with zero attached hydrogens (tertiary/aromatic N) is 1. The van der Waals surface area contributed by atoms with Gasteiger partial charge in [0.05, 0.1) is 0 Å². The highest BCUT2D eigenvalue weighted by Crippen LogP contribution is 2.21. The van der Waals surface area contributed by atoms with Gasteiger partial charge in [0.1, 0.15) is 6.04 Å². The Morgan fingerprint density at radius 3 is 2.56 bits per heavy atom. The van der Waals surface area contributed by atoms with E-state index in [0.29, 0.717) is 25.9 Å². The number of hydrogen-bond acceptors (Lipinski definition) is 2. The molecule has 168 valence electrons. The number of benzene rings is 3. The van der Waals surface area contributed by atoms with Crippen LogP contribution in [-0.4, -0.2) is 29.3 Å². The first-order chi connectivity index (χ1) is 15.5. The highest BCUT2D eigenvalue weighted by Gasteiger charge is 2.26. The van der Waals surface area contributed by atoms with E-state index in [-0.39, 0.29) is 11.8 Å². The molecule has 0 fully saturated rings. The van der Waals surface area contributed by atoms with Crippen LogP contribution in [0.3, 0.4) is 0 Å². The zero-order valence-corrected chi connectivity index (χ0v) is 20.4. The quantitative estimate of drug-likeness (QED) is 0.358. The number of unbranched alkanes of at least 4 members (excludes halogenated alkanes) is 1. The van der Waals surface area contributed by atoms with Crippen LogP contribution in [0.1, 0.15) is 44.2 Å². The lowest BCUT2D eigenvalue weighted by molar-refractivity contribution is -0.140. The molecule has 0 radical (unpaired) electrons. The summed E-state index contributed by atoms with van der Waals surface area (Å²) in [6, 6.07) is 21.8. The Morgan fingerprint density at radius 1 is 1.03 bits per heavy atom. The maximum atomic E-state index is 13.4. The molecule has 2 amide bonds. The van der Waals surface area contributed by atoms with Crippen LogP contribution >= 0.6 is 15.9 Å². The van der Waals surface area contributed by atoms with Crippen LogP contribution in [0.15, 0.2) is 71.2 Å². The molecule has 3 rings (SSSR count). The zero-order chi connectivity index (χ0) is 22.9. The second kappa shape index (κ2) is 11.8. The van der Waals surface area contributed by atoms with Gasteiger partial charge < -0.3 is 10.2 Å². The molecule has 0 spiro atoms. The van der Waals surface area contributed by atoms with Gasteiger partial charge in [-0.3, -0.25) is 9.59 Å². The summed E-state index contributed by atoms with van der Waals surface area (Å²) < 4.78 is 0.957. The van der Waals surface area contributed by atoms with Gasteiger partial charge in [0.25, 0.3) is 0 Å². The second-order valence-corrected chi connectivity index (χ2v) is 9.03. The molecule has 5 heteroatoms. The first-order valence-corrected chi connectivity index (χ1v) is 12.1. The van der Waals surface area contributed by atoms with Crippen LogP contribution in [0.2, 0.25) is 0 Å². The highest BCUT2D eigenvalue weighted by molar-refractivity contribution is 9.10. The fraction of sp³-hybridized carbons (Fsp3) is 0.333. The molecule has 3 aromatic carbocycles. The van der Waals surface area contributed by atoms with Crippen LogP contribution in [0, 0.1) is 0 Å². The molecule has 0 aromatic heterocycles. The summed E-state index contributed by atoms with van der Waals surface area (Å²) in [6.45, 7) is 4.94. The number of rotatable bonds is 10. The summed E-state index contributed by atoms with van der Waals surface area (Å²) in [5.41, 5.74) is 2.14. The van der Waals surface area contributed by atoms with Gasteiger partial charge in [0.2, 0.25) is 11.8 Å². The summed E-state index contributed by atoms with van der Waals surface area (Å²) in [4.78, 5) is 27.8. The SMILES string of the molecule is CCCCNC(=O)[C@H](C)N(Cc1cccc(Br)c1)C(=O)CCc1cccc2ccccc12. The standard InChI is InChI=1S/C27H31BrN2O2/c1-3-4-17-29-27(32)20(2)30(19-21-9-7-13-24(28)18-21)26(31)16-15-23-12-8-11-22-10-5-6-14-25(22)23/h5-14,18,20H,3-4,15-17,19H2,1-2H3,(H,29,32)/t20-/m0/s1. The van der Waals surface area contributed by atoms with Crippen molar-refractivity contribution in [3.8, 4) is 0 Å². The van der Waals surface area contributed by atoms with Crippen molar-refractivity contribution in [2.45, 2.75) is 52.1 Å². The molecule has 0 saturated carbocycles. The second-order valence-electron chi connectivity index (χ2n) is 8.11. The van der Waals surface area contributed by atoms with E-state index in [4.69, 9.17) is 0 Å². The van der Waals surface area contributed by atoms with E-state index in [1.807, 2.05) is 49.4 Å². The molecule has 0 aliphatic rings. The lowest BCUT2D eigenvalue weighted by Crippen LogP contribution is -2.47. The molecule has 0 bridgehead atoms. The number of fused-ring (bicyclic) bond motifs is 1. The fourth-order valence-electron chi connectivity index (χ4n) is 3.85. The van der Waals surface area contributed by atoms with Gasteiger partial charge in [-0.2, -0.15) is 0 Å². The number of halogens is 1. The first-order valence-electron chi connectivity index (χ1n) is 11.3. The molecule has 0 aliphatic carbocycles. The van der Waals surface area contributed by atoms with Gasteiger partial charge in [-0.05, 0) is 53.8 Å². The van der Waals surface area contributed by atoms with Crippen molar-refractivity contribution in [2.24, 2.45) is 0 Å². The molecule has 1 atom stereocenters. The smallest absolute Gasteiger partial charge is 0.242 e. The summed E-state index contributed by atoms with van der Waals surface area (Å²) in [5, 5.41) is 5.32. The van der Waals surface area contributed by atoms with Crippen molar-refractivity contribution >= 4 is 38.5 Å². The van der Waals surface area contributed by atoms with E-state index in [2.05, 4.69) is 52.4 Å². The Kier molecular flexibility index (Phi) is 8.86. The van der Waals surface area contributed by atoms with E-state index in [9.17, 15) is 9.59 Å². The number of amides is 2. The minimum absolute atomic E-state index is 0.0175. The number of carbonyl (C=O) groups is 2. The van der Waals surface area contributed by atoms with Crippen molar-refractivity contribution in [3.05, 3.63) is 82.3 Å². The Labute approximate surface area is 199 Å². The lowest BCUT2D eigenvalue weighted by Gasteiger charge is -2.29. The molecule has 3 aromatic rings. The number of nitrogens with one attached hydrogen (secondary N) is 1. The van der Waals surface area contributed by atoms with Gasteiger partial charge in [0, 0.05) is 24.0 Å². The third-order valence-corrected chi connectivity index (χ3v) is 6.22. The first kappa shape index (κ1) is 24.0. The Hall–Kier alpha value is -2.66. The van der Waals surface area contributed by atoms with Crippen molar-refractivity contribution in [2.75, 3.05) is 6.54 Å². The topological polar surface area (TPSA) is 49.4 Å². The van der Waals surface area contributed by atoms with Crippen LogP contribution in [-0.2, 0) is 22.6 Å². The monoisotopic (exact) mass is 494 g/mol. The maximum Gasteiger partial charge on any atom is 0.242 e. The minimum Gasteiger partial charge on any atom is -0.354 e. The molecule has 0 saturated heterocycles. The molecule has 0 unspecified atom stereocenters. The molecule has 1 N–H and O–H groups in total. The van der Waals surface area contributed by atoms with E-state index >= 15 is 0 Å². The Bertz CT molecular complexity index is 1060. The third-order valence-electron chi connectivity index (χ3n) is 5.73. The molecular formula is C27H31BrN2O2. The largest absolute Gasteiger partial charge is 0.354 e. The van der Waals surface area contributed by atoms with Crippen LogP contribution < -0.4 is 5.32 Å². The summed E-state index contributed by atoms with van der Waals surface area (Å²) in [6.07, 6.45) is 2.94. The molecule has 4 nitrogen and oxygen atoms in total. The number of hydrogen-bond donors (Lipinski definition) is 1. The van der Waals surface area contributed by atoms with E-state index in [0.717, 1.165) is 28.4 Å². The normalized spacial score (nSPS) is 11.8. The summed E-state index contributed by atoms with van der Waals surface area (Å²) >= 11 is 3.50. The average molecular weight is 495 g/mol. The minimum atomic E-state index is -0.536. The maximum absolute atomic E-state index is 13.4. The predicted octanol–water partition coefficient (Wildman–Crippen LogP) is 5.87. The van der Waals surface area contributed by atoms with Crippen LogP contribution in [0.25, 0.3) is 10.8 Å². The van der Waals surface area contributed by atoms with Crippen LogP contribution in [0.4, 0.5) is 0 Å². The lowest BCUT2D eigenvalue weighted by atomic mass is 10.0. The van der Waals surface area contributed by atoms with Crippen LogP contribution in [0.5, 0.6) is 0 Å². The van der Waals surface area contributed by atoms with Gasteiger partial charge in [-0.15, -0.1) is 0 Å². The number of aryl methyl sites for hydroxylation is 1. The van der Waals surface area contributed by atoms with Crippen molar-refractivity contribution < 1.29 is 9.59 Å². The molecular weight excluding hydrogens is 464 g/mol. The van der Waals surface area contributed by atoms with Gasteiger partial charge >= 0.3 is 0 Å². The Morgan fingerprint density at radius 2 is 1.78 bits per heavy atom. The van der Waals surface area contributed by atoms with Gasteiger partial charge in [-0.25, -0.2) is 0 Å². The zero-order valence-electron chi connectivity index (χ0n) is 18.8. The van der Waals surface area contributed by atoms with Crippen molar-refractivity contribution in [3.63, 3.8) is 0 Å². The third kappa shape index (κ3) is 6.42. The van der Waals surface area contributed by atoms with Crippen molar-refractivity contribution in [1.82, 2.24) is 10.2 Å². The summed E-state index contributed by atoms with van der Waals surface area (Å²) in [5.74, 6) is -0.122. The Balaban J connectivity index is 1.76. The van der Waals surface area contributed by atoms with Crippen molar-refractivity contribution in [1.29, 1.82) is 0 Å². The predicted molar refractivity (Wildman–Crippen MR) is 134 cm³/mol. The van der Waals surface area contributed by atoms with E-state index in [1.165, 1.54) is 10.8 Å². The van der Waals surface area contributed by atoms with Gasteiger partial charge in [-0.1, -0.05) is 83.9 Å². The summed E-state index contributed by atoms with van der Waals surface area (Å²) in [7, 11) is 0. The fourth-order valence-corrected chi connectivity index (χ4v) is 4.29. The average Bonchev–Trinajstić information content (AvgIpc) is 2.80. The van der Waals surface area contributed by atoms with E-state index in [1.54, 1.807) is 4.90 Å². The number of carbonyl (C=O) groups excluding carboxylic acids is 2. The van der Waals surface area contributed by atoms with Gasteiger partial charge in [0.15, 0.2) is 0 Å². The molecule has 0 heterocycles. The van der Waals surface area contributed by atoms with E-state index < -0.39 is 6.04 Å². The molecule has 32 heavy (non-hydrogen) atoms. The highest BCUT2D eigenvalue weighted by atomic mass is 79.9. The molecule has 0 aliphatic heterocycles.